The van der Waals surface area contributed by atoms with Crippen LogP contribution in [0.3, 0.4) is 0 Å². The largest absolute Gasteiger partial charge is 0.480 e. The van der Waals surface area contributed by atoms with E-state index in [1.165, 1.54) is 12.1 Å². The first-order chi connectivity index (χ1) is 10.2. The van der Waals surface area contributed by atoms with Crippen LogP contribution >= 0.6 is 0 Å². The molecule has 21 heavy (non-hydrogen) atoms. The third kappa shape index (κ3) is 2.87. The van der Waals surface area contributed by atoms with Crippen molar-refractivity contribution in [1.82, 2.24) is 9.55 Å². The Kier molecular flexibility index (Phi) is 3.57. The zero-order chi connectivity index (χ0) is 14.8. The van der Waals surface area contributed by atoms with Gasteiger partial charge < -0.3 is 14.4 Å². The third-order valence-electron chi connectivity index (χ3n) is 3.46. The van der Waals surface area contributed by atoms with Gasteiger partial charge in [-0.2, -0.15) is 0 Å². The Hall–Kier alpha value is -2.41. The van der Waals surface area contributed by atoms with E-state index in [0.717, 1.165) is 18.5 Å². The third-order valence-corrected chi connectivity index (χ3v) is 3.46. The minimum atomic E-state index is -0.507. The zero-order valence-corrected chi connectivity index (χ0v) is 11.3. The van der Waals surface area contributed by atoms with E-state index in [2.05, 4.69) is 4.98 Å². The minimum absolute atomic E-state index is 0.140. The van der Waals surface area contributed by atoms with Crippen molar-refractivity contribution >= 4 is 5.69 Å². The predicted molar refractivity (Wildman–Crippen MR) is 73.8 cm³/mol. The quantitative estimate of drug-likeness (QED) is 0.650. The number of aliphatic hydroxyl groups excluding tert-OH is 1. The second-order valence-corrected chi connectivity index (χ2v) is 5.03. The second kappa shape index (κ2) is 5.53. The molecule has 0 radical (unpaired) electrons. The molecule has 0 aliphatic heterocycles. The molecule has 0 atom stereocenters. The number of aromatic nitrogens is 2. The monoisotopic (exact) mass is 289 g/mol. The summed E-state index contributed by atoms with van der Waals surface area (Å²) in [5.74, 6) is 0.195. The maximum atomic E-state index is 11.1. The van der Waals surface area contributed by atoms with Crippen molar-refractivity contribution in [1.29, 1.82) is 0 Å². The van der Waals surface area contributed by atoms with E-state index in [1.54, 1.807) is 18.6 Å². The van der Waals surface area contributed by atoms with Crippen molar-refractivity contribution in [3.8, 4) is 5.75 Å². The van der Waals surface area contributed by atoms with Crippen molar-refractivity contribution in [3.63, 3.8) is 0 Å². The van der Waals surface area contributed by atoms with Crippen LogP contribution in [0.1, 0.15) is 30.1 Å². The lowest BCUT2D eigenvalue weighted by atomic mass is 10.2. The lowest BCUT2D eigenvalue weighted by Crippen LogP contribution is -2.05. The molecule has 2 aromatic rings. The number of ether oxygens (including phenoxy) is 1. The molecule has 0 unspecified atom stereocenters. The predicted octanol–water partition coefficient (Wildman–Crippen LogP) is 2.20. The molecule has 1 aromatic heterocycles. The Morgan fingerprint density at radius 3 is 2.95 bits per heavy atom. The summed E-state index contributed by atoms with van der Waals surface area (Å²) in [6, 6.07) is 4.94. The van der Waals surface area contributed by atoms with Crippen LogP contribution in [0.25, 0.3) is 0 Å². The van der Waals surface area contributed by atoms with Crippen LogP contribution in [0.4, 0.5) is 5.69 Å². The highest BCUT2D eigenvalue weighted by Gasteiger charge is 2.25. The fraction of sp³-hybridized carbons (Fsp3) is 0.357. The molecule has 7 heteroatoms. The molecule has 0 spiro atoms. The van der Waals surface area contributed by atoms with Crippen molar-refractivity contribution in [3.05, 3.63) is 52.1 Å². The van der Waals surface area contributed by atoms with Crippen LogP contribution in [0.5, 0.6) is 5.75 Å². The molecule has 1 aliphatic carbocycles. The van der Waals surface area contributed by atoms with E-state index in [-0.39, 0.29) is 24.7 Å². The summed E-state index contributed by atoms with van der Waals surface area (Å²) in [6.45, 7) is -0.00855. The van der Waals surface area contributed by atoms with Gasteiger partial charge in [0.1, 0.15) is 6.61 Å². The molecule has 7 nitrogen and oxygen atoms in total. The van der Waals surface area contributed by atoms with E-state index in [4.69, 9.17) is 9.84 Å². The normalized spacial score (nSPS) is 14.1. The van der Waals surface area contributed by atoms with Gasteiger partial charge >= 0.3 is 5.69 Å². The van der Waals surface area contributed by atoms with Gasteiger partial charge in [-0.15, -0.1) is 0 Å². The van der Waals surface area contributed by atoms with E-state index in [9.17, 15) is 10.1 Å². The van der Waals surface area contributed by atoms with Gasteiger partial charge in [-0.1, -0.05) is 6.07 Å². The first kappa shape index (κ1) is 13.6. The van der Waals surface area contributed by atoms with Crippen LogP contribution in [0, 0.1) is 10.1 Å². The van der Waals surface area contributed by atoms with Crippen LogP contribution in [0.2, 0.25) is 0 Å². The van der Waals surface area contributed by atoms with Crippen molar-refractivity contribution < 1.29 is 14.8 Å². The highest BCUT2D eigenvalue weighted by molar-refractivity contribution is 5.48. The molecule has 0 bridgehead atoms. The van der Waals surface area contributed by atoms with Crippen LogP contribution in [-0.4, -0.2) is 19.6 Å². The number of hydrogen-bond acceptors (Lipinski definition) is 5. The Morgan fingerprint density at radius 2 is 2.29 bits per heavy atom. The number of rotatable bonds is 6. The Morgan fingerprint density at radius 1 is 1.48 bits per heavy atom. The lowest BCUT2D eigenvalue weighted by Gasteiger charge is -2.09. The SMILES string of the molecule is O=[N+]([O-])c1cc(CO)ccc1OCc1cncn1C1CC1. The fourth-order valence-electron chi connectivity index (χ4n) is 2.20. The lowest BCUT2D eigenvalue weighted by molar-refractivity contribution is -0.386. The van der Waals surface area contributed by atoms with Crippen LogP contribution < -0.4 is 4.74 Å². The van der Waals surface area contributed by atoms with E-state index >= 15 is 0 Å². The molecule has 110 valence electrons. The summed E-state index contributed by atoms with van der Waals surface area (Å²) < 4.78 is 7.63. The van der Waals surface area contributed by atoms with E-state index in [1.807, 2.05) is 4.57 Å². The van der Waals surface area contributed by atoms with Gasteiger partial charge in [0.05, 0.1) is 29.7 Å². The second-order valence-electron chi connectivity index (χ2n) is 5.03. The van der Waals surface area contributed by atoms with Crippen molar-refractivity contribution in [2.24, 2.45) is 0 Å². The first-order valence-electron chi connectivity index (χ1n) is 6.70. The molecule has 1 N–H and O–H groups in total. The molecule has 1 aliphatic rings. The van der Waals surface area contributed by atoms with Gasteiger partial charge in [0.2, 0.25) is 0 Å². The molecule has 1 aromatic carbocycles. The average Bonchev–Trinajstić information content (AvgIpc) is 3.23. The van der Waals surface area contributed by atoms with Gasteiger partial charge in [0, 0.05) is 12.1 Å². The van der Waals surface area contributed by atoms with Crippen LogP contribution in [-0.2, 0) is 13.2 Å². The number of imidazole rings is 1. The number of aliphatic hydroxyl groups is 1. The number of nitrogens with zero attached hydrogens (tertiary/aromatic N) is 3. The Bertz CT molecular complexity index is 664. The van der Waals surface area contributed by atoms with Crippen molar-refractivity contribution in [2.45, 2.75) is 32.1 Å². The fourth-order valence-corrected chi connectivity index (χ4v) is 2.20. The average molecular weight is 289 g/mol. The summed E-state index contributed by atoms with van der Waals surface area (Å²) in [7, 11) is 0. The van der Waals surface area contributed by atoms with Gasteiger partial charge in [0.25, 0.3) is 0 Å². The summed E-state index contributed by atoms with van der Waals surface area (Å²) in [6.07, 6.45) is 5.75. The summed E-state index contributed by atoms with van der Waals surface area (Å²) in [5.41, 5.74) is 1.24. The molecular formula is C14H15N3O4. The van der Waals surface area contributed by atoms with Crippen LogP contribution in [0.15, 0.2) is 30.7 Å². The van der Waals surface area contributed by atoms with E-state index in [0.29, 0.717) is 11.6 Å². The Balaban J connectivity index is 1.78. The Labute approximate surface area is 121 Å². The summed E-state index contributed by atoms with van der Waals surface area (Å²) >= 11 is 0. The highest BCUT2D eigenvalue weighted by atomic mass is 16.6. The molecule has 0 amide bonds. The molecule has 0 saturated heterocycles. The summed E-state index contributed by atoms with van der Waals surface area (Å²) in [5, 5.41) is 20.1. The first-order valence-corrected chi connectivity index (χ1v) is 6.70. The minimum Gasteiger partial charge on any atom is -0.480 e. The smallest absolute Gasteiger partial charge is 0.311 e. The molecule has 1 heterocycles. The summed E-state index contributed by atoms with van der Waals surface area (Å²) in [4.78, 5) is 14.7. The van der Waals surface area contributed by atoms with E-state index < -0.39 is 4.92 Å². The molecule has 3 rings (SSSR count). The van der Waals surface area contributed by atoms with Gasteiger partial charge in [-0.3, -0.25) is 10.1 Å². The topological polar surface area (TPSA) is 90.4 Å². The highest BCUT2D eigenvalue weighted by Crippen LogP contribution is 2.36. The molecular weight excluding hydrogens is 274 g/mol. The maximum Gasteiger partial charge on any atom is 0.311 e. The van der Waals surface area contributed by atoms with Gasteiger partial charge in [-0.05, 0) is 24.5 Å². The maximum absolute atomic E-state index is 11.1. The number of nitro benzene ring substituents is 1. The number of benzene rings is 1. The number of nitro groups is 1. The van der Waals surface area contributed by atoms with Gasteiger partial charge in [-0.25, -0.2) is 4.98 Å². The molecule has 1 fully saturated rings. The van der Waals surface area contributed by atoms with Crippen molar-refractivity contribution in [2.75, 3.05) is 0 Å². The molecule has 1 saturated carbocycles. The zero-order valence-electron chi connectivity index (χ0n) is 11.3. The standard InChI is InChI=1S/C14H15N3O4/c18-7-10-1-4-14(13(5-10)17(19)20)21-8-12-6-15-9-16(12)11-2-3-11/h1,4-6,9,11,18H,2-3,7-8H2. The van der Waals surface area contributed by atoms with Gasteiger partial charge in [0.15, 0.2) is 5.75 Å². The number of hydrogen-bond donors (Lipinski definition) is 1.